The molecule has 0 aliphatic rings. The Morgan fingerprint density at radius 2 is 1.42 bits per heavy atom. The molecule has 0 atom stereocenters. The highest BCUT2D eigenvalue weighted by Crippen LogP contribution is 2.19. The van der Waals surface area contributed by atoms with Crippen LogP contribution in [0.15, 0.2) is 72.8 Å². The number of anilines is 2. The molecule has 3 aromatic rings. The van der Waals surface area contributed by atoms with E-state index in [0.717, 1.165) is 11.1 Å². The van der Waals surface area contributed by atoms with Crippen LogP contribution in [0.2, 0.25) is 0 Å². The smallest absolute Gasteiger partial charge is 0.257 e. The Kier molecular flexibility index (Phi) is 5.13. The summed E-state index contributed by atoms with van der Waals surface area (Å²) in [5.74, 6) is -0.515. The van der Waals surface area contributed by atoms with Gasteiger partial charge in [0.1, 0.15) is 0 Å². The van der Waals surface area contributed by atoms with Gasteiger partial charge in [-0.2, -0.15) is 0 Å². The second kappa shape index (κ2) is 7.66. The molecule has 26 heavy (non-hydrogen) atoms. The first-order valence-electron chi connectivity index (χ1n) is 8.38. The minimum atomic E-state index is -0.269. The number of nitrogens with one attached hydrogen (secondary N) is 2. The minimum Gasteiger partial charge on any atom is -0.322 e. The lowest BCUT2D eigenvalue weighted by Gasteiger charge is -2.12. The maximum atomic E-state index is 12.6. The summed E-state index contributed by atoms with van der Waals surface area (Å²) in [7, 11) is 0. The normalized spacial score (nSPS) is 10.2. The number of benzene rings is 3. The van der Waals surface area contributed by atoms with E-state index in [9.17, 15) is 9.59 Å². The molecule has 4 nitrogen and oxygen atoms in total. The van der Waals surface area contributed by atoms with E-state index in [-0.39, 0.29) is 11.8 Å². The summed E-state index contributed by atoms with van der Waals surface area (Å²) < 4.78 is 0. The Morgan fingerprint density at radius 1 is 0.692 bits per heavy atom. The van der Waals surface area contributed by atoms with E-state index in [4.69, 9.17) is 0 Å². The number of para-hydroxylation sites is 1. The molecule has 2 amide bonds. The predicted octanol–water partition coefficient (Wildman–Crippen LogP) is 4.81. The number of amides is 2. The topological polar surface area (TPSA) is 58.2 Å². The van der Waals surface area contributed by atoms with Crippen molar-refractivity contribution < 1.29 is 9.59 Å². The van der Waals surface area contributed by atoms with E-state index in [1.165, 1.54) is 0 Å². The van der Waals surface area contributed by atoms with Crippen LogP contribution in [0.25, 0.3) is 0 Å². The van der Waals surface area contributed by atoms with Gasteiger partial charge in [-0.05, 0) is 50.2 Å². The third-order valence-corrected chi connectivity index (χ3v) is 4.01. The van der Waals surface area contributed by atoms with E-state index in [1.807, 2.05) is 56.3 Å². The van der Waals surface area contributed by atoms with Crippen LogP contribution in [0, 0.1) is 13.8 Å². The molecule has 2 N–H and O–H groups in total. The van der Waals surface area contributed by atoms with Gasteiger partial charge in [-0.15, -0.1) is 0 Å². The summed E-state index contributed by atoms with van der Waals surface area (Å²) >= 11 is 0. The summed E-state index contributed by atoms with van der Waals surface area (Å²) in [6.45, 7) is 3.92. The standard InChI is InChI=1S/C22H20N2O2/c1-15-10-12-18(13-11-15)23-22(26)19-8-3-4-9-20(19)24-21(25)17-7-5-6-16(2)14-17/h3-14H,1-2H3,(H,23,26)(H,24,25). The molecule has 0 aliphatic carbocycles. The molecule has 0 saturated heterocycles. The monoisotopic (exact) mass is 344 g/mol. The fourth-order valence-corrected chi connectivity index (χ4v) is 2.61. The van der Waals surface area contributed by atoms with Gasteiger partial charge in [0.15, 0.2) is 0 Å². The molecule has 3 rings (SSSR count). The molecule has 0 bridgehead atoms. The quantitative estimate of drug-likeness (QED) is 0.714. The van der Waals surface area contributed by atoms with Crippen LogP contribution in [-0.2, 0) is 0 Å². The van der Waals surface area contributed by atoms with E-state index < -0.39 is 0 Å². The van der Waals surface area contributed by atoms with E-state index in [0.29, 0.717) is 22.5 Å². The minimum absolute atomic E-state index is 0.246. The highest BCUT2D eigenvalue weighted by atomic mass is 16.2. The van der Waals surface area contributed by atoms with Gasteiger partial charge in [0, 0.05) is 11.3 Å². The van der Waals surface area contributed by atoms with Crippen LogP contribution in [0.3, 0.4) is 0 Å². The van der Waals surface area contributed by atoms with E-state index in [1.54, 1.807) is 30.3 Å². The van der Waals surface area contributed by atoms with Crippen LogP contribution in [0.1, 0.15) is 31.8 Å². The maximum absolute atomic E-state index is 12.6. The zero-order valence-corrected chi connectivity index (χ0v) is 14.7. The highest BCUT2D eigenvalue weighted by Gasteiger charge is 2.14. The van der Waals surface area contributed by atoms with Gasteiger partial charge in [0.2, 0.25) is 0 Å². The number of hydrogen-bond donors (Lipinski definition) is 2. The average Bonchev–Trinajstić information content (AvgIpc) is 2.64. The molecule has 0 saturated carbocycles. The van der Waals surface area contributed by atoms with Crippen molar-refractivity contribution in [2.24, 2.45) is 0 Å². The third kappa shape index (κ3) is 4.16. The lowest BCUT2D eigenvalue weighted by molar-refractivity contribution is 0.102. The Hall–Kier alpha value is -3.40. The maximum Gasteiger partial charge on any atom is 0.257 e. The zero-order chi connectivity index (χ0) is 18.5. The van der Waals surface area contributed by atoms with Gasteiger partial charge < -0.3 is 10.6 Å². The lowest BCUT2D eigenvalue weighted by atomic mass is 10.1. The Balaban J connectivity index is 1.80. The fourth-order valence-electron chi connectivity index (χ4n) is 2.61. The molecule has 0 spiro atoms. The van der Waals surface area contributed by atoms with Crippen molar-refractivity contribution in [2.45, 2.75) is 13.8 Å². The second-order valence-corrected chi connectivity index (χ2v) is 6.19. The molecule has 0 aliphatic heterocycles. The Morgan fingerprint density at radius 3 is 2.15 bits per heavy atom. The van der Waals surface area contributed by atoms with Gasteiger partial charge >= 0.3 is 0 Å². The SMILES string of the molecule is Cc1ccc(NC(=O)c2ccccc2NC(=O)c2cccc(C)c2)cc1. The van der Waals surface area contributed by atoms with Crippen molar-refractivity contribution in [1.82, 2.24) is 0 Å². The molecular weight excluding hydrogens is 324 g/mol. The van der Waals surface area contributed by atoms with Crippen molar-refractivity contribution in [1.29, 1.82) is 0 Å². The van der Waals surface area contributed by atoms with Crippen LogP contribution in [0.4, 0.5) is 11.4 Å². The molecule has 3 aromatic carbocycles. The number of carbonyl (C=O) groups is 2. The van der Waals surface area contributed by atoms with Crippen molar-refractivity contribution in [3.63, 3.8) is 0 Å². The molecule has 4 heteroatoms. The second-order valence-electron chi connectivity index (χ2n) is 6.19. The van der Waals surface area contributed by atoms with Gasteiger partial charge in [-0.3, -0.25) is 9.59 Å². The van der Waals surface area contributed by atoms with Gasteiger partial charge in [-0.25, -0.2) is 0 Å². The van der Waals surface area contributed by atoms with Crippen molar-refractivity contribution >= 4 is 23.2 Å². The van der Waals surface area contributed by atoms with Crippen molar-refractivity contribution in [3.05, 3.63) is 95.1 Å². The first-order chi connectivity index (χ1) is 12.5. The molecule has 130 valence electrons. The third-order valence-electron chi connectivity index (χ3n) is 4.01. The summed E-state index contributed by atoms with van der Waals surface area (Å²) in [4.78, 5) is 25.1. The first-order valence-corrected chi connectivity index (χ1v) is 8.38. The Labute approximate surface area is 152 Å². The summed E-state index contributed by atoms with van der Waals surface area (Å²) in [6, 6.07) is 21.8. The fraction of sp³-hybridized carbons (Fsp3) is 0.0909. The predicted molar refractivity (Wildman–Crippen MR) is 105 cm³/mol. The lowest BCUT2D eigenvalue weighted by Crippen LogP contribution is -2.18. The van der Waals surface area contributed by atoms with E-state index in [2.05, 4.69) is 10.6 Å². The first kappa shape index (κ1) is 17.4. The van der Waals surface area contributed by atoms with Gasteiger partial charge in [0.05, 0.1) is 11.3 Å². The largest absolute Gasteiger partial charge is 0.322 e. The van der Waals surface area contributed by atoms with Crippen LogP contribution >= 0.6 is 0 Å². The molecule has 0 radical (unpaired) electrons. The molecular formula is C22H20N2O2. The van der Waals surface area contributed by atoms with Crippen molar-refractivity contribution in [3.8, 4) is 0 Å². The summed E-state index contributed by atoms with van der Waals surface area (Å²) in [6.07, 6.45) is 0. The average molecular weight is 344 g/mol. The summed E-state index contributed by atoms with van der Waals surface area (Å²) in [5.41, 5.74) is 4.27. The zero-order valence-electron chi connectivity index (χ0n) is 14.7. The number of aryl methyl sites for hydroxylation is 2. The molecule has 0 unspecified atom stereocenters. The molecule has 0 aromatic heterocycles. The Bertz CT molecular complexity index is 946. The molecule has 0 fully saturated rings. The van der Waals surface area contributed by atoms with E-state index >= 15 is 0 Å². The van der Waals surface area contributed by atoms with Gasteiger partial charge in [0.25, 0.3) is 11.8 Å². The van der Waals surface area contributed by atoms with Crippen LogP contribution in [-0.4, -0.2) is 11.8 Å². The highest BCUT2D eigenvalue weighted by molar-refractivity contribution is 6.12. The van der Waals surface area contributed by atoms with Gasteiger partial charge in [-0.1, -0.05) is 47.5 Å². The summed E-state index contributed by atoms with van der Waals surface area (Å²) in [5, 5.41) is 5.69. The molecule has 0 heterocycles. The van der Waals surface area contributed by atoms with Crippen molar-refractivity contribution in [2.75, 3.05) is 10.6 Å². The number of hydrogen-bond acceptors (Lipinski definition) is 2. The number of carbonyl (C=O) groups excluding carboxylic acids is 2. The van der Waals surface area contributed by atoms with Crippen LogP contribution in [0.5, 0.6) is 0 Å². The van der Waals surface area contributed by atoms with Crippen LogP contribution < -0.4 is 10.6 Å². The number of rotatable bonds is 4.